The first-order valence-corrected chi connectivity index (χ1v) is 6.65. The summed E-state index contributed by atoms with van der Waals surface area (Å²) in [5.74, 6) is -0.876. The fraction of sp³-hybridized carbons (Fsp3) is 0.500. The van der Waals surface area contributed by atoms with Gasteiger partial charge in [0.1, 0.15) is 12.3 Å². The van der Waals surface area contributed by atoms with E-state index in [1.165, 1.54) is 6.33 Å². The monoisotopic (exact) mass is 293 g/mol. The zero-order chi connectivity index (χ0) is 14.8. The summed E-state index contributed by atoms with van der Waals surface area (Å²) >= 11 is 0. The molecule has 21 heavy (non-hydrogen) atoms. The van der Waals surface area contributed by atoms with Crippen LogP contribution in [0.3, 0.4) is 0 Å². The molecule has 0 aliphatic carbocycles. The van der Waals surface area contributed by atoms with Crippen LogP contribution in [0.2, 0.25) is 0 Å². The number of carbonyl (C=O) groups excluding carboxylic acids is 1. The molecule has 0 radical (unpaired) electrons. The molecule has 1 aromatic rings. The van der Waals surface area contributed by atoms with Crippen molar-refractivity contribution in [2.75, 3.05) is 11.5 Å². The molecule has 112 valence electrons. The van der Waals surface area contributed by atoms with Gasteiger partial charge in [-0.2, -0.15) is 0 Å². The van der Waals surface area contributed by atoms with Crippen LogP contribution < -0.4 is 16.0 Å². The van der Waals surface area contributed by atoms with Crippen molar-refractivity contribution in [1.82, 2.24) is 14.9 Å². The Hall–Kier alpha value is -1.94. The fourth-order valence-corrected chi connectivity index (χ4v) is 2.91. The van der Waals surface area contributed by atoms with Crippen LogP contribution >= 0.6 is 0 Å². The maximum absolute atomic E-state index is 12.0. The smallest absolute Gasteiger partial charge is 0.276 e. The molecule has 1 aromatic heterocycles. The molecule has 4 heterocycles. The molecule has 4 rings (SSSR count). The number of amides is 1. The Labute approximate surface area is 119 Å². The van der Waals surface area contributed by atoms with Crippen molar-refractivity contribution in [3.8, 4) is 0 Å². The molecule has 0 bridgehead atoms. The highest BCUT2D eigenvalue weighted by Crippen LogP contribution is 2.39. The summed E-state index contributed by atoms with van der Waals surface area (Å²) in [6.45, 7) is -0.264. The Morgan fingerprint density at radius 3 is 3.05 bits per heavy atom. The average Bonchev–Trinajstić information content (AvgIpc) is 3.00. The number of aromatic nitrogens is 2. The van der Waals surface area contributed by atoms with Crippen LogP contribution in [0.25, 0.3) is 0 Å². The Morgan fingerprint density at radius 1 is 1.62 bits per heavy atom. The highest BCUT2D eigenvalue weighted by Gasteiger charge is 2.47. The maximum atomic E-state index is 12.0. The molecule has 9 nitrogen and oxygen atoms in total. The third-order valence-corrected chi connectivity index (χ3v) is 4.10. The second kappa shape index (κ2) is 4.04. The quantitative estimate of drug-likeness (QED) is 0.507. The van der Waals surface area contributed by atoms with Gasteiger partial charge in [0.2, 0.25) is 0 Å². The van der Waals surface area contributed by atoms with Crippen molar-refractivity contribution < 1.29 is 19.7 Å². The number of rotatable bonds is 2. The molecule has 5 N–H and O–H groups in total. The predicted molar refractivity (Wildman–Crippen MR) is 69.9 cm³/mol. The molecule has 3 aliphatic heterocycles. The third-order valence-electron chi connectivity index (χ3n) is 4.10. The lowest BCUT2D eigenvalue weighted by Gasteiger charge is -2.47. The molecule has 1 fully saturated rings. The third kappa shape index (κ3) is 1.59. The molecule has 1 unspecified atom stereocenters. The van der Waals surface area contributed by atoms with Crippen LogP contribution in [-0.2, 0) is 4.74 Å². The first-order valence-electron chi connectivity index (χ1n) is 6.65. The van der Waals surface area contributed by atoms with Crippen molar-refractivity contribution in [2.24, 2.45) is 5.73 Å². The molecule has 9 heteroatoms. The number of nitrogens with one attached hydrogen (secondary N) is 1. The standard InChI is InChI=1S/C12H15N5O4/c13-12-1-2-17(12)11-9(10(20)15-12)14-5-16(11)8-3-6(19)7(4-18)21-8/h1-2,5-8,18-19H,3-4,13H2,(H,15,20)/t6-,7+,8+,12?/m0/s1. The molecule has 0 saturated carbocycles. The van der Waals surface area contributed by atoms with E-state index in [9.17, 15) is 9.90 Å². The predicted octanol–water partition coefficient (Wildman–Crippen LogP) is -1.79. The molecule has 0 spiro atoms. The number of nitrogens with two attached hydrogens (primary N) is 1. The zero-order valence-electron chi connectivity index (χ0n) is 11.0. The summed E-state index contributed by atoms with van der Waals surface area (Å²) in [4.78, 5) is 17.8. The van der Waals surface area contributed by atoms with E-state index in [-0.39, 0.29) is 18.2 Å². The number of aliphatic hydroxyl groups excluding tert-OH is 2. The van der Waals surface area contributed by atoms with E-state index >= 15 is 0 Å². The summed E-state index contributed by atoms with van der Waals surface area (Å²) in [7, 11) is 0. The largest absolute Gasteiger partial charge is 0.394 e. The van der Waals surface area contributed by atoms with Gasteiger partial charge in [-0.3, -0.25) is 20.0 Å². The topological polar surface area (TPSA) is 126 Å². The number of hydrogen-bond donors (Lipinski definition) is 4. The second-order valence-corrected chi connectivity index (χ2v) is 5.40. The number of carbonyl (C=O) groups is 1. The number of anilines is 1. The van der Waals surface area contributed by atoms with E-state index in [2.05, 4.69) is 10.3 Å². The highest BCUT2D eigenvalue weighted by atomic mass is 16.5. The van der Waals surface area contributed by atoms with Crippen LogP contribution in [0.15, 0.2) is 18.6 Å². The highest BCUT2D eigenvalue weighted by molar-refractivity contribution is 6.01. The number of hydrogen-bond acceptors (Lipinski definition) is 7. The first kappa shape index (κ1) is 12.8. The van der Waals surface area contributed by atoms with Crippen molar-refractivity contribution in [3.05, 3.63) is 24.3 Å². The number of nitrogens with zero attached hydrogens (tertiary/aromatic N) is 3. The Kier molecular flexibility index (Phi) is 2.46. The van der Waals surface area contributed by atoms with E-state index in [0.29, 0.717) is 12.2 Å². The van der Waals surface area contributed by atoms with Crippen LogP contribution in [-0.4, -0.2) is 50.3 Å². The van der Waals surface area contributed by atoms with Crippen molar-refractivity contribution >= 4 is 11.7 Å². The Balaban J connectivity index is 1.74. The molecular weight excluding hydrogens is 278 g/mol. The normalized spacial score (nSPS) is 37.0. The number of aliphatic hydroxyl groups is 2. The zero-order valence-corrected chi connectivity index (χ0v) is 11.0. The molecule has 1 amide bonds. The van der Waals surface area contributed by atoms with Gasteiger partial charge in [-0.25, -0.2) is 4.98 Å². The van der Waals surface area contributed by atoms with Gasteiger partial charge in [0.05, 0.1) is 19.0 Å². The lowest BCUT2D eigenvalue weighted by molar-refractivity contribution is -0.0440. The van der Waals surface area contributed by atoms with Gasteiger partial charge in [0.15, 0.2) is 17.3 Å². The maximum Gasteiger partial charge on any atom is 0.276 e. The van der Waals surface area contributed by atoms with E-state index in [4.69, 9.17) is 15.6 Å². The Bertz CT molecular complexity index is 644. The summed E-state index contributed by atoms with van der Waals surface area (Å²) in [5.41, 5.74) is 6.31. The molecular formula is C12H15N5O4. The van der Waals surface area contributed by atoms with E-state index < -0.39 is 24.2 Å². The van der Waals surface area contributed by atoms with Crippen LogP contribution in [0.4, 0.5) is 5.82 Å². The van der Waals surface area contributed by atoms with Gasteiger partial charge in [0, 0.05) is 12.6 Å². The van der Waals surface area contributed by atoms with Crippen LogP contribution in [0, 0.1) is 0 Å². The van der Waals surface area contributed by atoms with Crippen molar-refractivity contribution in [2.45, 2.75) is 30.6 Å². The van der Waals surface area contributed by atoms with E-state index in [1.54, 1.807) is 21.7 Å². The minimum atomic E-state index is -1.05. The summed E-state index contributed by atoms with van der Waals surface area (Å²) < 4.78 is 7.27. The molecule has 3 aliphatic rings. The van der Waals surface area contributed by atoms with Gasteiger partial charge in [-0.15, -0.1) is 0 Å². The molecule has 0 aromatic carbocycles. The van der Waals surface area contributed by atoms with E-state index in [1.807, 2.05) is 0 Å². The second-order valence-electron chi connectivity index (χ2n) is 5.40. The first-order chi connectivity index (χ1) is 10.0. The number of fused-ring (bicyclic) bond motifs is 3. The van der Waals surface area contributed by atoms with Crippen LogP contribution in [0.1, 0.15) is 23.1 Å². The number of imidazole rings is 1. The van der Waals surface area contributed by atoms with Crippen molar-refractivity contribution in [3.63, 3.8) is 0 Å². The Morgan fingerprint density at radius 2 is 2.43 bits per heavy atom. The van der Waals surface area contributed by atoms with Gasteiger partial charge >= 0.3 is 0 Å². The minimum Gasteiger partial charge on any atom is -0.394 e. The van der Waals surface area contributed by atoms with Gasteiger partial charge in [0.25, 0.3) is 5.91 Å². The summed E-state index contributed by atoms with van der Waals surface area (Å²) in [6.07, 6.45) is 3.31. The lowest BCUT2D eigenvalue weighted by Crippen LogP contribution is -2.71. The van der Waals surface area contributed by atoms with Crippen LogP contribution in [0.5, 0.6) is 0 Å². The van der Waals surface area contributed by atoms with Gasteiger partial charge in [-0.05, 0) is 6.08 Å². The van der Waals surface area contributed by atoms with Gasteiger partial charge < -0.3 is 20.3 Å². The fourth-order valence-electron chi connectivity index (χ4n) is 2.91. The average molecular weight is 293 g/mol. The van der Waals surface area contributed by atoms with Crippen molar-refractivity contribution in [1.29, 1.82) is 0 Å². The SMILES string of the molecule is NC12C=CN1c1c(ncn1[C@H]1C[C@H](O)[C@@H](CO)O1)C(=O)N2. The molecule has 4 atom stereocenters. The molecule has 1 saturated heterocycles. The summed E-state index contributed by atoms with van der Waals surface area (Å²) in [5, 5.41) is 21.7. The minimum absolute atomic E-state index is 0.256. The van der Waals surface area contributed by atoms with E-state index in [0.717, 1.165) is 0 Å². The lowest BCUT2D eigenvalue weighted by atomic mass is 10.1. The summed E-state index contributed by atoms with van der Waals surface area (Å²) in [6, 6.07) is 0. The van der Waals surface area contributed by atoms with Gasteiger partial charge in [-0.1, -0.05) is 0 Å². The number of ether oxygens (including phenoxy) is 1.